The summed E-state index contributed by atoms with van der Waals surface area (Å²) in [6, 6.07) is 14.0. The van der Waals surface area contributed by atoms with E-state index in [1.165, 1.54) is 4.70 Å². The number of aromatic nitrogens is 1. The fraction of sp³-hybridized carbons (Fsp3) is 0.300. The molecule has 6 heteroatoms. The van der Waals surface area contributed by atoms with Crippen LogP contribution in [0.5, 0.6) is 5.75 Å². The summed E-state index contributed by atoms with van der Waals surface area (Å²) in [5.74, 6) is 0.660. The van der Waals surface area contributed by atoms with E-state index in [9.17, 15) is 4.79 Å². The van der Waals surface area contributed by atoms with Gasteiger partial charge in [-0.3, -0.25) is 4.79 Å². The van der Waals surface area contributed by atoms with Crippen molar-refractivity contribution in [1.29, 1.82) is 0 Å². The average Bonchev–Trinajstić information content (AvgIpc) is 3.33. The highest BCUT2D eigenvalue weighted by atomic mass is 32.2. The molecule has 1 amide bonds. The second-order valence-electron chi connectivity index (χ2n) is 6.24. The smallest absolute Gasteiger partial charge is 0.258 e. The number of rotatable bonds is 4. The number of thioether (sulfide) groups is 1. The number of benzene rings is 2. The summed E-state index contributed by atoms with van der Waals surface area (Å²) in [5.41, 5.74) is 1.63. The highest BCUT2D eigenvalue weighted by Gasteiger charge is 2.33. The van der Waals surface area contributed by atoms with E-state index < -0.39 is 0 Å². The molecule has 1 aliphatic rings. The third kappa shape index (κ3) is 3.08. The Morgan fingerprint density at radius 3 is 2.92 bits per heavy atom. The molecule has 4 nitrogen and oxygen atoms in total. The maximum absolute atomic E-state index is 13.2. The van der Waals surface area contributed by atoms with Crippen molar-refractivity contribution in [3.8, 4) is 5.75 Å². The van der Waals surface area contributed by atoms with Crippen LogP contribution in [0.1, 0.15) is 34.2 Å². The van der Waals surface area contributed by atoms with E-state index in [0.717, 1.165) is 34.8 Å². The predicted octanol–water partition coefficient (Wildman–Crippen LogP) is 5.00. The maximum Gasteiger partial charge on any atom is 0.258 e. The van der Waals surface area contributed by atoms with Crippen molar-refractivity contribution in [3.05, 3.63) is 53.0 Å². The average molecular weight is 385 g/mol. The van der Waals surface area contributed by atoms with E-state index in [1.54, 1.807) is 30.2 Å². The summed E-state index contributed by atoms with van der Waals surface area (Å²) in [5, 5.41) is 1.02. The first-order valence-electron chi connectivity index (χ1n) is 8.59. The topological polar surface area (TPSA) is 42.4 Å². The van der Waals surface area contributed by atoms with Gasteiger partial charge in [0.15, 0.2) is 0 Å². The molecule has 0 bridgehead atoms. The van der Waals surface area contributed by atoms with Crippen molar-refractivity contribution in [2.45, 2.75) is 23.8 Å². The van der Waals surface area contributed by atoms with Crippen LogP contribution in [-0.2, 0) is 0 Å². The minimum Gasteiger partial charge on any atom is -0.496 e. The summed E-state index contributed by atoms with van der Waals surface area (Å²) in [7, 11) is 1.62. The number of ether oxygens (including phenoxy) is 1. The van der Waals surface area contributed by atoms with Gasteiger partial charge in [-0.2, -0.15) is 0 Å². The summed E-state index contributed by atoms with van der Waals surface area (Å²) < 4.78 is 6.65. The second kappa shape index (κ2) is 7.29. The molecule has 134 valence electrons. The zero-order chi connectivity index (χ0) is 18.1. The van der Waals surface area contributed by atoms with Gasteiger partial charge in [0.05, 0.1) is 28.9 Å². The molecule has 0 aliphatic carbocycles. The first-order chi connectivity index (χ1) is 12.7. The molecule has 1 aliphatic heterocycles. The quantitative estimate of drug-likeness (QED) is 0.594. The molecule has 2 aromatic carbocycles. The predicted molar refractivity (Wildman–Crippen MR) is 107 cm³/mol. The Kier molecular flexibility index (Phi) is 4.87. The number of likely N-dealkylation sites (tertiary alicyclic amines) is 1. The minimum absolute atomic E-state index is 0.0243. The third-order valence-electron chi connectivity index (χ3n) is 4.75. The maximum atomic E-state index is 13.2. The summed E-state index contributed by atoms with van der Waals surface area (Å²) in [6.45, 7) is 0.757. The van der Waals surface area contributed by atoms with Crippen molar-refractivity contribution in [2.75, 3.05) is 19.9 Å². The molecule has 26 heavy (non-hydrogen) atoms. The molecule has 0 saturated carbocycles. The molecule has 0 spiro atoms. The van der Waals surface area contributed by atoms with Gasteiger partial charge >= 0.3 is 0 Å². The van der Waals surface area contributed by atoms with Crippen molar-refractivity contribution in [3.63, 3.8) is 0 Å². The zero-order valence-electron chi connectivity index (χ0n) is 14.8. The van der Waals surface area contributed by atoms with Crippen LogP contribution in [0.15, 0.2) is 47.4 Å². The van der Waals surface area contributed by atoms with E-state index in [1.807, 2.05) is 47.6 Å². The number of carbonyl (C=O) groups is 1. The molecule has 1 unspecified atom stereocenters. The van der Waals surface area contributed by atoms with Crippen LogP contribution in [0.25, 0.3) is 10.2 Å². The Hall–Kier alpha value is -2.05. The lowest BCUT2D eigenvalue weighted by atomic mass is 10.1. The van der Waals surface area contributed by atoms with E-state index in [2.05, 4.69) is 6.07 Å². The molecule has 2 heterocycles. The van der Waals surface area contributed by atoms with Gasteiger partial charge in [-0.25, -0.2) is 4.98 Å². The number of hydrogen-bond donors (Lipinski definition) is 0. The summed E-state index contributed by atoms with van der Waals surface area (Å²) in [4.78, 5) is 21.1. The van der Waals surface area contributed by atoms with E-state index in [0.29, 0.717) is 11.3 Å². The highest BCUT2D eigenvalue weighted by Crippen LogP contribution is 2.38. The van der Waals surface area contributed by atoms with Crippen LogP contribution in [0.4, 0.5) is 0 Å². The number of thiazole rings is 1. The SMILES string of the molecule is COc1cc(SC)ccc1C(=O)N1CCCC1c1nc2ccccc2s1. The molecule has 0 N–H and O–H groups in total. The Morgan fingerprint density at radius 1 is 1.31 bits per heavy atom. The van der Waals surface area contributed by atoms with Crippen LogP contribution >= 0.6 is 23.1 Å². The third-order valence-corrected chi connectivity index (χ3v) is 6.61. The van der Waals surface area contributed by atoms with Crippen LogP contribution in [0.3, 0.4) is 0 Å². The van der Waals surface area contributed by atoms with Crippen LogP contribution in [0, 0.1) is 0 Å². The number of carbonyl (C=O) groups excluding carboxylic acids is 1. The Bertz CT molecular complexity index is 921. The highest BCUT2D eigenvalue weighted by molar-refractivity contribution is 7.98. The zero-order valence-corrected chi connectivity index (χ0v) is 16.4. The van der Waals surface area contributed by atoms with Gasteiger partial charge in [0.1, 0.15) is 10.8 Å². The first kappa shape index (κ1) is 17.4. The Balaban J connectivity index is 1.67. The van der Waals surface area contributed by atoms with Gasteiger partial charge in [-0.1, -0.05) is 12.1 Å². The molecule has 0 radical (unpaired) electrons. The Labute approximate surface area is 161 Å². The number of nitrogens with zero attached hydrogens (tertiary/aromatic N) is 2. The molecule has 1 saturated heterocycles. The van der Waals surface area contributed by atoms with Crippen LogP contribution < -0.4 is 4.74 Å². The normalized spacial score (nSPS) is 17.0. The molecular formula is C20H20N2O2S2. The molecular weight excluding hydrogens is 364 g/mol. The number of fused-ring (bicyclic) bond motifs is 1. The summed E-state index contributed by atoms with van der Waals surface area (Å²) >= 11 is 3.32. The van der Waals surface area contributed by atoms with Gasteiger partial charge in [-0.15, -0.1) is 23.1 Å². The monoisotopic (exact) mass is 384 g/mol. The fourth-order valence-electron chi connectivity index (χ4n) is 3.43. The molecule has 3 aromatic rings. The summed E-state index contributed by atoms with van der Waals surface area (Å²) in [6.07, 6.45) is 3.97. The molecule has 1 aromatic heterocycles. The van der Waals surface area contributed by atoms with E-state index in [-0.39, 0.29) is 11.9 Å². The lowest BCUT2D eigenvalue weighted by Gasteiger charge is -2.24. The standard InChI is InChI=1S/C20H20N2O2S2/c1-24-17-12-13(25-2)9-10-14(17)20(23)22-11-5-7-16(22)19-21-15-6-3-4-8-18(15)26-19/h3-4,6,8-10,12,16H,5,7,11H2,1-2H3. The van der Waals surface area contributed by atoms with Crippen molar-refractivity contribution >= 4 is 39.2 Å². The lowest BCUT2D eigenvalue weighted by molar-refractivity contribution is 0.0732. The van der Waals surface area contributed by atoms with Gasteiger partial charge in [0, 0.05) is 11.4 Å². The van der Waals surface area contributed by atoms with E-state index in [4.69, 9.17) is 9.72 Å². The number of hydrogen-bond acceptors (Lipinski definition) is 5. The lowest BCUT2D eigenvalue weighted by Crippen LogP contribution is -2.30. The van der Waals surface area contributed by atoms with Crippen molar-refractivity contribution in [1.82, 2.24) is 9.88 Å². The van der Waals surface area contributed by atoms with Gasteiger partial charge < -0.3 is 9.64 Å². The minimum atomic E-state index is 0.0243. The number of amides is 1. The van der Waals surface area contributed by atoms with Gasteiger partial charge in [-0.05, 0) is 49.4 Å². The van der Waals surface area contributed by atoms with Crippen LogP contribution in [0.2, 0.25) is 0 Å². The number of para-hydroxylation sites is 1. The van der Waals surface area contributed by atoms with Crippen LogP contribution in [-0.4, -0.2) is 35.7 Å². The fourth-order valence-corrected chi connectivity index (χ4v) is 4.97. The van der Waals surface area contributed by atoms with E-state index >= 15 is 0 Å². The van der Waals surface area contributed by atoms with Gasteiger partial charge in [0.2, 0.25) is 0 Å². The Morgan fingerprint density at radius 2 is 2.15 bits per heavy atom. The van der Waals surface area contributed by atoms with Crippen molar-refractivity contribution in [2.24, 2.45) is 0 Å². The first-order valence-corrected chi connectivity index (χ1v) is 10.6. The van der Waals surface area contributed by atoms with Gasteiger partial charge in [0.25, 0.3) is 5.91 Å². The second-order valence-corrected chi connectivity index (χ2v) is 8.18. The molecule has 1 fully saturated rings. The number of methoxy groups -OCH3 is 1. The molecule has 1 atom stereocenters. The molecule has 4 rings (SSSR count). The van der Waals surface area contributed by atoms with Crippen molar-refractivity contribution < 1.29 is 9.53 Å². The largest absolute Gasteiger partial charge is 0.496 e.